The SMILES string of the molecule is Cc1cc(C)c(N2CC(C(=O)NC3CCCNC3C)CC2=O)c(C)c1. The molecule has 2 saturated heterocycles. The lowest BCUT2D eigenvalue weighted by atomic mass is 9.98. The number of anilines is 1. The molecule has 2 aliphatic rings. The number of amides is 2. The van der Waals surface area contributed by atoms with Crippen molar-refractivity contribution in [2.75, 3.05) is 18.0 Å². The first-order valence-corrected chi connectivity index (χ1v) is 9.28. The second-order valence-electron chi connectivity index (χ2n) is 7.65. The lowest BCUT2D eigenvalue weighted by Crippen LogP contribution is -2.53. The Morgan fingerprint density at radius 2 is 1.92 bits per heavy atom. The second-order valence-corrected chi connectivity index (χ2v) is 7.65. The van der Waals surface area contributed by atoms with Gasteiger partial charge in [0.25, 0.3) is 0 Å². The Kier molecular flexibility index (Phi) is 5.13. The van der Waals surface area contributed by atoms with Crippen molar-refractivity contribution in [1.82, 2.24) is 10.6 Å². The van der Waals surface area contributed by atoms with E-state index >= 15 is 0 Å². The van der Waals surface area contributed by atoms with E-state index in [1.54, 1.807) is 4.90 Å². The van der Waals surface area contributed by atoms with Gasteiger partial charge in [-0.25, -0.2) is 0 Å². The van der Waals surface area contributed by atoms with Crippen molar-refractivity contribution in [2.45, 2.75) is 59.0 Å². The molecule has 2 N–H and O–H groups in total. The van der Waals surface area contributed by atoms with E-state index in [0.29, 0.717) is 13.0 Å². The van der Waals surface area contributed by atoms with Gasteiger partial charge in [0, 0.05) is 30.7 Å². The largest absolute Gasteiger partial charge is 0.352 e. The minimum Gasteiger partial charge on any atom is -0.352 e. The highest BCUT2D eigenvalue weighted by atomic mass is 16.2. The molecule has 2 heterocycles. The van der Waals surface area contributed by atoms with Gasteiger partial charge in [0.15, 0.2) is 0 Å². The summed E-state index contributed by atoms with van der Waals surface area (Å²) in [6.07, 6.45) is 2.38. The summed E-state index contributed by atoms with van der Waals surface area (Å²) in [6, 6.07) is 4.64. The van der Waals surface area contributed by atoms with Crippen LogP contribution in [0, 0.1) is 26.7 Å². The average molecular weight is 343 g/mol. The zero-order chi connectivity index (χ0) is 18.1. The molecular formula is C20H29N3O2. The minimum atomic E-state index is -0.262. The highest BCUT2D eigenvalue weighted by Gasteiger charge is 2.37. The summed E-state index contributed by atoms with van der Waals surface area (Å²) in [7, 11) is 0. The number of piperidine rings is 1. The van der Waals surface area contributed by atoms with Gasteiger partial charge >= 0.3 is 0 Å². The van der Waals surface area contributed by atoms with Crippen LogP contribution in [0.2, 0.25) is 0 Å². The monoisotopic (exact) mass is 343 g/mol. The maximum Gasteiger partial charge on any atom is 0.227 e. The average Bonchev–Trinajstić information content (AvgIpc) is 2.90. The Hall–Kier alpha value is -1.88. The fourth-order valence-electron chi connectivity index (χ4n) is 4.24. The number of carbonyl (C=O) groups excluding carboxylic acids is 2. The first kappa shape index (κ1) is 17.9. The van der Waals surface area contributed by atoms with Gasteiger partial charge in [-0.3, -0.25) is 9.59 Å². The number of hydrogen-bond donors (Lipinski definition) is 2. The van der Waals surface area contributed by atoms with Crippen LogP contribution in [0.5, 0.6) is 0 Å². The van der Waals surface area contributed by atoms with Gasteiger partial charge < -0.3 is 15.5 Å². The van der Waals surface area contributed by atoms with Gasteiger partial charge in [-0.05, 0) is 58.2 Å². The Morgan fingerprint density at radius 3 is 2.56 bits per heavy atom. The minimum absolute atomic E-state index is 0.0128. The quantitative estimate of drug-likeness (QED) is 0.885. The first-order chi connectivity index (χ1) is 11.9. The van der Waals surface area contributed by atoms with E-state index < -0.39 is 0 Å². The van der Waals surface area contributed by atoms with Crippen molar-refractivity contribution in [3.63, 3.8) is 0 Å². The third kappa shape index (κ3) is 3.71. The van der Waals surface area contributed by atoms with Gasteiger partial charge in [-0.1, -0.05) is 17.7 Å². The molecule has 2 amide bonds. The standard InChI is InChI=1S/C20H29N3O2/c1-12-8-13(2)19(14(3)9-12)23-11-16(10-18(23)24)20(25)22-17-6-5-7-21-15(17)4/h8-9,15-17,21H,5-7,10-11H2,1-4H3,(H,22,25). The fraction of sp³-hybridized carbons (Fsp3) is 0.600. The van der Waals surface area contributed by atoms with Crippen molar-refractivity contribution in [1.29, 1.82) is 0 Å². The van der Waals surface area contributed by atoms with Gasteiger partial charge in [0.1, 0.15) is 0 Å². The van der Waals surface area contributed by atoms with Crippen LogP contribution in [0.1, 0.15) is 42.9 Å². The first-order valence-electron chi connectivity index (χ1n) is 9.28. The molecule has 3 atom stereocenters. The summed E-state index contributed by atoms with van der Waals surface area (Å²) >= 11 is 0. The zero-order valence-corrected chi connectivity index (χ0v) is 15.7. The van der Waals surface area contributed by atoms with Crippen molar-refractivity contribution in [3.05, 3.63) is 28.8 Å². The van der Waals surface area contributed by atoms with E-state index in [1.807, 2.05) is 13.8 Å². The molecule has 0 aromatic heterocycles. The summed E-state index contributed by atoms with van der Waals surface area (Å²) < 4.78 is 0. The molecular weight excluding hydrogens is 314 g/mol. The number of nitrogens with zero attached hydrogens (tertiary/aromatic N) is 1. The fourth-order valence-corrected chi connectivity index (χ4v) is 4.24. The van der Waals surface area contributed by atoms with E-state index in [1.165, 1.54) is 5.56 Å². The van der Waals surface area contributed by atoms with Crippen LogP contribution in [0.3, 0.4) is 0 Å². The normalized spacial score (nSPS) is 26.8. The second kappa shape index (κ2) is 7.16. The lowest BCUT2D eigenvalue weighted by Gasteiger charge is -2.31. The lowest BCUT2D eigenvalue weighted by molar-refractivity contribution is -0.127. The van der Waals surface area contributed by atoms with Gasteiger partial charge in [0.2, 0.25) is 11.8 Å². The Bertz CT molecular complexity index is 663. The van der Waals surface area contributed by atoms with Gasteiger partial charge in [-0.2, -0.15) is 0 Å². The Labute approximate surface area is 150 Å². The molecule has 1 aromatic rings. The summed E-state index contributed by atoms with van der Waals surface area (Å²) in [6.45, 7) is 9.72. The van der Waals surface area contributed by atoms with Crippen LogP contribution < -0.4 is 15.5 Å². The molecule has 5 heteroatoms. The number of benzene rings is 1. The Morgan fingerprint density at radius 1 is 1.24 bits per heavy atom. The van der Waals surface area contributed by atoms with E-state index in [0.717, 1.165) is 36.2 Å². The molecule has 3 unspecified atom stereocenters. The number of rotatable bonds is 3. The van der Waals surface area contributed by atoms with Crippen molar-refractivity contribution in [2.24, 2.45) is 5.92 Å². The van der Waals surface area contributed by atoms with Crippen molar-refractivity contribution < 1.29 is 9.59 Å². The topological polar surface area (TPSA) is 61.4 Å². The van der Waals surface area contributed by atoms with Crippen LogP contribution >= 0.6 is 0 Å². The van der Waals surface area contributed by atoms with Crippen LogP contribution in [-0.2, 0) is 9.59 Å². The summed E-state index contributed by atoms with van der Waals surface area (Å²) in [5.74, 6) is -0.203. The third-order valence-corrected chi connectivity index (χ3v) is 5.49. The molecule has 1 aromatic carbocycles. The number of carbonyl (C=O) groups is 2. The van der Waals surface area contributed by atoms with Crippen LogP contribution in [0.4, 0.5) is 5.69 Å². The summed E-state index contributed by atoms with van der Waals surface area (Å²) in [4.78, 5) is 27.1. The summed E-state index contributed by atoms with van der Waals surface area (Å²) in [5.41, 5.74) is 4.35. The molecule has 0 spiro atoms. The molecule has 5 nitrogen and oxygen atoms in total. The molecule has 0 bridgehead atoms. The molecule has 0 saturated carbocycles. The van der Waals surface area contributed by atoms with Crippen LogP contribution in [0.25, 0.3) is 0 Å². The Balaban J connectivity index is 1.71. The van der Waals surface area contributed by atoms with Gasteiger partial charge in [-0.15, -0.1) is 0 Å². The molecule has 136 valence electrons. The molecule has 3 rings (SSSR count). The van der Waals surface area contributed by atoms with E-state index in [9.17, 15) is 9.59 Å². The predicted octanol–water partition coefficient (Wildman–Crippen LogP) is 2.22. The van der Waals surface area contributed by atoms with Crippen LogP contribution in [0.15, 0.2) is 12.1 Å². The maximum absolute atomic E-state index is 12.7. The smallest absolute Gasteiger partial charge is 0.227 e. The maximum atomic E-state index is 12.7. The predicted molar refractivity (Wildman–Crippen MR) is 99.7 cm³/mol. The summed E-state index contributed by atoms with van der Waals surface area (Å²) in [5, 5.41) is 6.56. The third-order valence-electron chi connectivity index (χ3n) is 5.49. The van der Waals surface area contributed by atoms with Crippen molar-refractivity contribution >= 4 is 17.5 Å². The number of aryl methyl sites for hydroxylation is 3. The molecule has 25 heavy (non-hydrogen) atoms. The molecule has 2 fully saturated rings. The number of hydrogen-bond acceptors (Lipinski definition) is 3. The zero-order valence-electron chi connectivity index (χ0n) is 15.7. The molecule has 2 aliphatic heterocycles. The van der Waals surface area contributed by atoms with E-state index in [-0.39, 0.29) is 29.8 Å². The van der Waals surface area contributed by atoms with Crippen LogP contribution in [-0.4, -0.2) is 37.0 Å². The molecule has 0 aliphatic carbocycles. The van der Waals surface area contributed by atoms with E-state index in [4.69, 9.17) is 0 Å². The number of nitrogens with one attached hydrogen (secondary N) is 2. The molecule has 0 radical (unpaired) electrons. The van der Waals surface area contributed by atoms with Crippen molar-refractivity contribution in [3.8, 4) is 0 Å². The van der Waals surface area contributed by atoms with E-state index in [2.05, 4.69) is 36.6 Å². The highest BCUT2D eigenvalue weighted by molar-refractivity contribution is 6.01. The van der Waals surface area contributed by atoms with Gasteiger partial charge in [0.05, 0.1) is 5.92 Å². The highest BCUT2D eigenvalue weighted by Crippen LogP contribution is 2.32.